The number of hydrogen-bond acceptors (Lipinski definition) is 3. The van der Waals surface area contributed by atoms with Gasteiger partial charge >= 0.3 is 0 Å². The lowest BCUT2D eigenvalue weighted by atomic mass is 10.1. The van der Waals surface area contributed by atoms with Crippen LogP contribution in [-0.2, 0) is 0 Å². The van der Waals surface area contributed by atoms with Crippen molar-refractivity contribution in [1.29, 1.82) is 0 Å². The molecule has 0 heterocycles. The second-order valence-electron chi connectivity index (χ2n) is 2.44. The summed E-state index contributed by atoms with van der Waals surface area (Å²) in [6.07, 6.45) is 0. The number of rotatable bonds is 3. The van der Waals surface area contributed by atoms with E-state index in [0.717, 1.165) is 5.56 Å². The Hall–Kier alpha value is -1.03. The van der Waals surface area contributed by atoms with Crippen LogP contribution in [0, 0.1) is 10.1 Å². The summed E-state index contributed by atoms with van der Waals surface area (Å²) in [6.45, 7) is -0.132. The van der Waals surface area contributed by atoms with Gasteiger partial charge in [-0.05, 0) is 5.56 Å². The van der Waals surface area contributed by atoms with Gasteiger partial charge in [-0.1, -0.05) is 30.3 Å². The van der Waals surface area contributed by atoms with Gasteiger partial charge in [-0.25, -0.2) is 0 Å². The highest BCUT2D eigenvalue weighted by Crippen LogP contribution is 2.18. The summed E-state index contributed by atoms with van der Waals surface area (Å²) in [5.74, 6) is 0. The minimum absolute atomic E-state index is 0.132. The van der Waals surface area contributed by atoms with Crippen LogP contribution in [0.15, 0.2) is 30.3 Å². The normalized spacial score (nSPS) is 12.4. The van der Waals surface area contributed by atoms with Crippen LogP contribution in [0.25, 0.3) is 0 Å². The van der Waals surface area contributed by atoms with E-state index >= 15 is 0 Å². The molecule has 0 saturated carbocycles. The fraction of sp³-hybridized carbons (Fsp3) is 0.250. The summed E-state index contributed by atoms with van der Waals surface area (Å²) < 4.78 is 0. The van der Waals surface area contributed by atoms with Crippen LogP contribution in [-0.4, -0.2) is 11.5 Å². The van der Waals surface area contributed by atoms with Gasteiger partial charge in [0.15, 0.2) is 0 Å². The predicted molar refractivity (Wildman–Crippen MR) is 50.0 cm³/mol. The molecular weight excluding hydrogens is 174 g/mol. The molecule has 0 amide bonds. The Morgan fingerprint density at radius 2 is 2.00 bits per heavy atom. The zero-order valence-corrected chi connectivity index (χ0v) is 7.28. The first-order valence-corrected chi connectivity index (χ1v) is 4.06. The van der Waals surface area contributed by atoms with Crippen molar-refractivity contribution in [3.05, 3.63) is 46.0 Å². The maximum Gasteiger partial charge on any atom is 0.219 e. The van der Waals surface area contributed by atoms with Crippen LogP contribution in [0.5, 0.6) is 0 Å². The Labute approximate surface area is 76.0 Å². The monoisotopic (exact) mass is 183 g/mol. The summed E-state index contributed by atoms with van der Waals surface area (Å²) in [6, 6.07) is 9.23. The van der Waals surface area contributed by atoms with Crippen molar-refractivity contribution in [2.75, 3.05) is 6.54 Å². The van der Waals surface area contributed by atoms with Gasteiger partial charge in [0.1, 0.15) is 0 Å². The van der Waals surface area contributed by atoms with Crippen molar-refractivity contribution >= 4 is 12.6 Å². The molecule has 0 aromatic heterocycles. The standard InChI is InChI=1S/C8H9NO2S/c10-9(11)6-8(12)7-4-2-1-3-5-7/h1-5,8,12H,6H2/t8-/m1/s1. The molecule has 0 N–H and O–H groups in total. The second-order valence-corrected chi connectivity index (χ2v) is 3.07. The average molecular weight is 183 g/mol. The van der Waals surface area contributed by atoms with Crippen molar-refractivity contribution in [3.63, 3.8) is 0 Å². The Kier molecular flexibility index (Phi) is 3.10. The fourth-order valence-corrected chi connectivity index (χ4v) is 1.23. The van der Waals surface area contributed by atoms with Crippen molar-refractivity contribution in [1.82, 2.24) is 0 Å². The summed E-state index contributed by atoms with van der Waals surface area (Å²) in [4.78, 5) is 9.78. The molecule has 1 atom stereocenters. The van der Waals surface area contributed by atoms with Gasteiger partial charge < -0.3 is 0 Å². The lowest BCUT2D eigenvalue weighted by molar-refractivity contribution is -0.479. The van der Waals surface area contributed by atoms with E-state index in [1.807, 2.05) is 30.3 Å². The number of thiol groups is 1. The van der Waals surface area contributed by atoms with Gasteiger partial charge in [0.2, 0.25) is 6.54 Å². The Balaban J connectivity index is 2.65. The second kappa shape index (κ2) is 4.11. The van der Waals surface area contributed by atoms with E-state index in [1.165, 1.54) is 0 Å². The molecule has 64 valence electrons. The quantitative estimate of drug-likeness (QED) is 0.442. The van der Waals surface area contributed by atoms with E-state index < -0.39 is 0 Å². The van der Waals surface area contributed by atoms with Crippen molar-refractivity contribution in [3.8, 4) is 0 Å². The van der Waals surface area contributed by atoms with Crippen LogP contribution in [0.1, 0.15) is 10.8 Å². The Bertz CT molecular complexity index is 263. The van der Waals surface area contributed by atoms with Gasteiger partial charge in [-0.3, -0.25) is 10.1 Å². The molecule has 0 aliphatic rings. The zero-order chi connectivity index (χ0) is 8.97. The molecule has 1 aromatic carbocycles. The van der Waals surface area contributed by atoms with Crippen LogP contribution in [0.3, 0.4) is 0 Å². The molecule has 0 aliphatic carbocycles. The molecule has 0 spiro atoms. The van der Waals surface area contributed by atoms with Gasteiger partial charge in [0.25, 0.3) is 0 Å². The van der Waals surface area contributed by atoms with E-state index in [1.54, 1.807) is 0 Å². The maximum atomic E-state index is 10.1. The molecule has 0 unspecified atom stereocenters. The lowest BCUT2D eigenvalue weighted by Crippen LogP contribution is -2.07. The predicted octanol–water partition coefficient (Wildman–Crippen LogP) is 1.93. The van der Waals surface area contributed by atoms with E-state index in [9.17, 15) is 10.1 Å². The van der Waals surface area contributed by atoms with Gasteiger partial charge in [-0.2, -0.15) is 12.6 Å². The topological polar surface area (TPSA) is 43.1 Å². The van der Waals surface area contributed by atoms with Crippen molar-refractivity contribution < 1.29 is 4.92 Å². The van der Waals surface area contributed by atoms with Crippen LogP contribution in [0.2, 0.25) is 0 Å². The van der Waals surface area contributed by atoms with Gasteiger partial charge in [0, 0.05) is 4.92 Å². The minimum atomic E-state index is -0.356. The molecule has 0 radical (unpaired) electrons. The summed E-state index contributed by atoms with van der Waals surface area (Å²) >= 11 is 4.12. The number of nitro groups is 1. The SMILES string of the molecule is O=[N+]([O-])C[C@@H](S)c1ccccc1. The molecule has 0 bridgehead atoms. The molecule has 0 fully saturated rings. The van der Waals surface area contributed by atoms with Crippen LogP contribution >= 0.6 is 12.6 Å². The van der Waals surface area contributed by atoms with E-state index in [-0.39, 0.29) is 16.7 Å². The maximum absolute atomic E-state index is 10.1. The van der Waals surface area contributed by atoms with Crippen LogP contribution in [0.4, 0.5) is 0 Å². The van der Waals surface area contributed by atoms with E-state index in [0.29, 0.717) is 0 Å². The third-order valence-corrected chi connectivity index (χ3v) is 1.97. The first-order valence-electron chi connectivity index (χ1n) is 3.55. The summed E-state index contributed by atoms with van der Waals surface area (Å²) in [5, 5.41) is 9.84. The zero-order valence-electron chi connectivity index (χ0n) is 6.38. The minimum Gasteiger partial charge on any atom is -0.264 e. The van der Waals surface area contributed by atoms with E-state index in [2.05, 4.69) is 12.6 Å². The average Bonchev–Trinajstić information content (AvgIpc) is 2.05. The Morgan fingerprint density at radius 3 is 2.50 bits per heavy atom. The molecule has 12 heavy (non-hydrogen) atoms. The highest BCUT2D eigenvalue weighted by Gasteiger charge is 2.11. The van der Waals surface area contributed by atoms with Crippen molar-refractivity contribution in [2.24, 2.45) is 0 Å². The summed E-state index contributed by atoms with van der Waals surface area (Å²) in [5.41, 5.74) is 0.887. The third kappa shape index (κ3) is 2.54. The highest BCUT2D eigenvalue weighted by atomic mass is 32.1. The highest BCUT2D eigenvalue weighted by molar-refractivity contribution is 7.80. The van der Waals surface area contributed by atoms with E-state index in [4.69, 9.17) is 0 Å². The number of nitrogens with zero attached hydrogens (tertiary/aromatic N) is 1. The summed E-state index contributed by atoms with van der Waals surface area (Å²) in [7, 11) is 0. The molecule has 3 nitrogen and oxygen atoms in total. The van der Waals surface area contributed by atoms with Gasteiger partial charge in [0.05, 0.1) is 5.25 Å². The number of benzene rings is 1. The van der Waals surface area contributed by atoms with Crippen LogP contribution < -0.4 is 0 Å². The fourth-order valence-electron chi connectivity index (χ4n) is 0.922. The largest absolute Gasteiger partial charge is 0.264 e. The lowest BCUT2D eigenvalue weighted by Gasteiger charge is -2.04. The van der Waals surface area contributed by atoms with Crippen molar-refractivity contribution in [2.45, 2.75) is 5.25 Å². The first kappa shape index (κ1) is 9.06. The van der Waals surface area contributed by atoms with Gasteiger partial charge in [-0.15, -0.1) is 0 Å². The molecule has 1 rings (SSSR count). The number of hydrogen-bond donors (Lipinski definition) is 1. The smallest absolute Gasteiger partial charge is 0.219 e. The molecule has 1 aromatic rings. The molecular formula is C8H9NO2S. The first-order chi connectivity index (χ1) is 5.70. The molecule has 4 heteroatoms. The third-order valence-electron chi connectivity index (χ3n) is 1.51. The molecule has 0 aliphatic heterocycles. The Morgan fingerprint density at radius 1 is 1.42 bits per heavy atom. The molecule has 0 saturated heterocycles.